The quantitative estimate of drug-likeness (QED) is 0.453. The highest BCUT2D eigenvalue weighted by atomic mass is 19.1. The van der Waals surface area contributed by atoms with E-state index in [4.69, 9.17) is 5.10 Å². The molecule has 0 unspecified atom stereocenters. The molecular weight excluding hydrogens is 473 g/mol. The number of carbonyl (C=O) groups excluding carboxylic acids is 2. The number of piperazine rings is 1. The van der Waals surface area contributed by atoms with Gasteiger partial charge in [-0.2, -0.15) is 5.10 Å². The topological polar surface area (TPSA) is 99.5 Å². The second-order valence-corrected chi connectivity index (χ2v) is 11.0. The maximum Gasteiger partial charge on any atom is 0.275 e. The molecule has 1 saturated heterocycles. The number of nitrogens with one attached hydrogen (secondary N) is 1. The number of rotatable bonds is 3. The number of nitrogens with zero attached hydrogens (tertiary/aromatic N) is 6. The van der Waals surface area contributed by atoms with Gasteiger partial charge in [-0.15, -0.1) is 0 Å². The molecule has 0 spiro atoms. The summed E-state index contributed by atoms with van der Waals surface area (Å²) in [6, 6.07) is 6.82. The van der Waals surface area contributed by atoms with E-state index in [1.807, 2.05) is 6.07 Å². The number of carbonyl (C=O) groups is 2. The van der Waals surface area contributed by atoms with Crippen LogP contribution in [-0.4, -0.2) is 59.9 Å². The summed E-state index contributed by atoms with van der Waals surface area (Å²) in [6.07, 6.45) is 4.78. The maximum absolute atomic E-state index is 13.9. The average molecular weight is 504 g/mol. The van der Waals surface area contributed by atoms with Crippen LogP contribution in [0, 0.1) is 12.7 Å². The molecular formula is C27H30FN7O2. The van der Waals surface area contributed by atoms with Crippen molar-refractivity contribution < 1.29 is 14.0 Å². The number of aromatic nitrogens is 5. The molecule has 37 heavy (non-hydrogen) atoms. The van der Waals surface area contributed by atoms with Crippen LogP contribution < -0.4 is 4.90 Å². The molecule has 9 nitrogen and oxygen atoms in total. The van der Waals surface area contributed by atoms with Crippen molar-refractivity contribution in [2.45, 2.75) is 52.5 Å². The summed E-state index contributed by atoms with van der Waals surface area (Å²) in [5, 5.41) is 4.71. The first kappa shape index (κ1) is 24.6. The third kappa shape index (κ3) is 4.16. The van der Waals surface area contributed by atoms with Gasteiger partial charge >= 0.3 is 0 Å². The van der Waals surface area contributed by atoms with Crippen molar-refractivity contribution in [3.05, 3.63) is 65.6 Å². The fourth-order valence-electron chi connectivity index (χ4n) is 4.72. The van der Waals surface area contributed by atoms with Crippen LogP contribution >= 0.6 is 0 Å². The number of H-pyrrole nitrogens is 1. The number of halogens is 1. The van der Waals surface area contributed by atoms with Crippen LogP contribution in [0.1, 0.15) is 56.2 Å². The lowest BCUT2D eigenvalue weighted by molar-refractivity contribution is -0.129. The Bertz CT molecular complexity index is 1520. The molecule has 4 heterocycles. The molecule has 0 atom stereocenters. The summed E-state index contributed by atoms with van der Waals surface area (Å²) >= 11 is 0. The molecule has 192 valence electrons. The molecule has 1 aliphatic rings. The third-order valence-corrected chi connectivity index (χ3v) is 6.90. The van der Waals surface area contributed by atoms with E-state index in [1.165, 1.54) is 12.4 Å². The van der Waals surface area contributed by atoms with Gasteiger partial charge in [0.05, 0.1) is 18.2 Å². The van der Waals surface area contributed by atoms with Crippen LogP contribution in [0.15, 0.2) is 43.0 Å². The van der Waals surface area contributed by atoms with Crippen molar-refractivity contribution in [2.75, 3.05) is 18.0 Å². The highest BCUT2D eigenvalue weighted by molar-refractivity contribution is 6.05. The Balaban J connectivity index is 1.55. The molecule has 0 saturated carbocycles. The van der Waals surface area contributed by atoms with Gasteiger partial charge in [-0.25, -0.2) is 18.9 Å². The number of amides is 2. The second-order valence-electron chi connectivity index (χ2n) is 11.0. The predicted octanol–water partition coefficient (Wildman–Crippen LogP) is 4.13. The first-order chi connectivity index (χ1) is 17.4. The minimum Gasteiger partial charge on any atom is -0.349 e. The van der Waals surface area contributed by atoms with E-state index in [0.717, 1.165) is 11.1 Å². The van der Waals surface area contributed by atoms with Gasteiger partial charge < -0.3 is 9.88 Å². The normalized spacial score (nSPS) is 16.0. The number of hydrogen-bond donors (Lipinski definition) is 1. The van der Waals surface area contributed by atoms with Gasteiger partial charge in [-0.05, 0) is 56.0 Å². The Morgan fingerprint density at radius 1 is 1.16 bits per heavy atom. The minimum absolute atomic E-state index is 0.208. The van der Waals surface area contributed by atoms with Gasteiger partial charge in [-0.3, -0.25) is 14.5 Å². The van der Waals surface area contributed by atoms with Crippen molar-refractivity contribution >= 4 is 23.3 Å². The summed E-state index contributed by atoms with van der Waals surface area (Å²) in [5.74, 6) is -0.309. The van der Waals surface area contributed by atoms with Crippen LogP contribution in [0.3, 0.4) is 0 Å². The lowest BCUT2D eigenvalue weighted by Crippen LogP contribution is -2.65. The van der Waals surface area contributed by atoms with E-state index >= 15 is 0 Å². The van der Waals surface area contributed by atoms with Crippen molar-refractivity contribution in [1.82, 2.24) is 29.5 Å². The molecule has 0 radical (unpaired) electrons. The van der Waals surface area contributed by atoms with Crippen molar-refractivity contribution in [1.29, 1.82) is 0 Å². The zero-order valence-electron chi connectivity index (χ0n) is 21.8. The van der Waals surface area contributed by atoms with E-state index in [2.05, 4.69) is 35.7 Å². The Morgan fingerprint density at radius 2 is 1.92 bits per heavy atom. The molecule has 0 bridgehead atoms. The fraction of sp³-hybridized carbons (Fsp3) is 0.370. The Labute approximate surface area is 214 Å². The molecule has 4 aromatic rings. The predicted molar refractivity (Wildman–Crippen MR) is 138 cm³/mol. The Morgan fingerprint density at radius 3 is 2.57 bits per heavy atom. The zero-order valence-corrected chi connectivity index (χ0v) is 21.8. The SMILES string of the molecule is Cc1cc(-c2cc(C(C)(C)C)c3nc(C(=O)N4CCN(c5c[nH]cn5)C(=O)C4(C)C)cn3n2)ccc1F. The fourth-order valence-corrected chi connectivity index (χ4v) is 4.72. The molecule has 2 amide bonds. The van der Waals surface area contributed by atoms with Crippen LogP contribution in [0.4, 0.5) is 10.2 Å². The number of imidazole rings is 2. The summed E-state index contributed by atoms with van der Waals surface area (Å²) in [6.45, 7) is 12.0. The smallest absolute Gasteiger partial charge is 0.275 e. The molecule has 1 N–H and O–H groups in total. The zero-order chi connectivity index (χ0) is 26.7. The van der Waals surface area contributed by atoms with Crippen LogP contribution in [0.2, 0.25) is 0 Å². The van der Waals surface area contributed by atoms with Crippen molar-refractivity contribution in [3.63, 3.8) is 0 Å². The first-order valence-electron chi connectivity index (χ1n) is 12.2. The molecule has 3 aromatic heterocycles. The van der Waals surface area contributed by atoms with E-state index in [9.17, 15) is 14.0 Å². The lowest BCUT2D eigenvalue weighted by atomic mass is 9.87. The molecule has 5 rings (SSSR count). The average Bonchev–Trinajstić information content (AvgIpc) is 3.51. The largest absolute Gasteiger partial charge is 0.349 e. The molecule has 1 fully saturated rings. The van der Waals surface area contributed by atoms with Gasteiger partial charge in [0.15, 0.2) is 11.5 Å². The second kappa shape index (κ2) is 8.50. The molecule has 0 aliphatic carbocycles. The Kier molecular flexibility index (Phi) is 5.65. The van der Waals surface area contributed by atoms with Gasteiger partial charge in [-0.1, -0.05) is 20.8 Å². The highest BCUT2D eigenvalue weighted by Gasteiger charge is 2.46. The van der Waals surface area contributed by atoms with Crippen molar-refractivity contribution in [3.8, 4) is 11.3 Å². The Hall–Kier alpha value is -4.08. The summed E-state index contributed by atoms with van der Waals surface area (Å²) in [5.41, 5.74) is 2.23. The maximum atomic E-state index is 13.9. The van der Waals surface area contributed by atoms with Crippen LogP contribution in [-0.2, 0) is 10.2 Å². The molecule has 1 aromatic carbocycles. The third-order valence-electron chi connectivity index (χ3n) is 6.90. The monoisotopic (exact) mass is 503 g/mol. The molecule has 10 heteroatoms. The van der Waals surface area contributed by atoms with Crippen LogP contribution in [0.5, 0.6) is 0 Å². The summed E-state index contributed by atoms with van der Waals surface area (Å²) < 4.78 is 15.5. The number of aryl methyl sites for hydroxylation is 1. The number of hydrogen-bond acceptors (Lipinski definition) is 5. The number of fused-ring (bicyclic) bond motifs is 1. The van der Waals surface area contributed by atoms with E-state index in [0.29, 0.717) is 35.8 Å². The highest BCUT2D eigenvalue weighted by Crippen LogP contribution is 2.32. The summed E-state index contributed by atoms with van der Waals surface area (Å²) in [7, 11) is 0. The number of benzene rings is 1. The van der Waals surface area contributed by atoms with Gasteiger partial charge in [0.25, 0.3) is 11.8 Å². The molecule has 1 aliphatic heterocycles. The summed E-state index contributed by atoms with van der Waals surface area (Å²) in [4.78, 5) is 41.9. The lowest BCUT2D eigenvalue weighted by Gasteiger charge is -2.44. The van der Waals surface area contributed by atoms with Gasteiger partial charge in [0.2, 0.25) is 0 Å². The van der Waals surface area contributed by atoms with Gasteiger partial charge in [0.1, 0.15) is 17.1 Å². The number of aromatic amines is 1. The van der Waals surface area contributed by atoms with E-state index in [-0.39, 0.29) is 28.7 Å². The number of anilines is 1. The van der Waals surface area contributed by atoms with Gasteiger partial charge in [0, 0.05) is 30.4 Å². The first-order valence-corrected chi connectivity index (χ1v) is 12.2. The standard InChI is InChI=1S/C27H30FN7O2/c1-16-11-17(7-8-19(16)28)20-12-18(26(2,3)4)23-31-21(14-35(23)32-20)24(36)34-10-9-33(22-13-29-15-30-22)25(37)27(34,5)6/h7-8,11-15H,9-10H2,1-6H3,(H,29,30). The van der Waals surface area contributed by atoms with Crippen LogP contribution in [0.25, 0.3) is 16.9 Å². The van der Waals surface area contributed by atoms with E-state index < -0.39 is 5.54 Å². The van der Waals surface area contributed by atoms with Crippen molar-refractivity contribution in [2.24, 2.45) is 0 Å². The minimum atomic E-state index is -1.10. The van der Waals surface area contributed by atoms with E-state index in [1.54, 1.807) is 59.6 Å².